The van der Waals surface area contributed by atoms with Gasteiger partial charge >= 0.3 is 0 Å². The van der Waals surface area contributed by atoms with E-state index in [4.69, 9.17) is 11.5 Å². The van der Waals surface area contributed by atoms with Gasteiger partial charge in [0.25, 0.3) is 0 Å². The van der Waals surface area contributed by atoms with Gasteiger partial charge < -0.3 is 16.8 Å². The molecule has 0 aromatic rings. The zero-order valence-corrected chi connectivity index (χ0v) is 31.3. The van der Waals surface area contributed by atoms with E-state index in [1.807, 2.05) is 0 Å². The van der Waals surface area contributed by atoms with E-state index in [1.54, 1.807) is 0 Å². The number of hydrogen-bond donors (Lipinski definition) is 3. The number of hydrogen-bond acceptors (Lipinski definition) is 3. The van der Waals surface area contributed by atoms with E-state index in [9.17, 15) is 0 Å². The van der Waals surface area contributed by atoms with E-state index < -0.39 is 0 Å². The van der Waals surface area contributed by atoms with Gasteiger partial charge in [0.15, 0.2) is 0 Å². The summed E-state index contributed by atoms with van der Waals surface area (Å²) in [5, 5.41) is 3.88. The summed E-state index contributed by atoms with van der Waals surface area (Å²) in [4.78, 5) is 0. The Labute approximate surface area is 268 Å². The average molecular weight is 596 g/mol. The highest BCUT2D eigenvalue weighted by atomic mass is 14.9. The normalized spacial score (nSPS) is 17.6. The van der Waals surface area contributed by atoms with E-state index >= 15 is 0 Å². The predicted octanol–water partition coefficient (Wildman–Crippen LogP) is 11.2. The van der Waals surface area contributed by atoms with E-state index in [2.05, 4.69) is 81.5 Å². The molecular formula is C39H85N3. The molecule has 7 unspecified atom stereocenters. The SMILES string of the molecule is CCCCCN.CCCCNC(CCC(C)CC(C)C(C)CCC(C(C)CC)C(C)CCCC(C)C)C[C@@H](C)CCN. The molecule has 0 aromatic heterocycles. The molecule has 0 aliphatic carbocycles. The smallest absolute Gasteiger partial charge is 0.00697 e. The standard InChI is InChI=1S/C34H72N2.C5H13N/c1-11-13-23-36-33(25-28(6)21-22-35)19-17-27(5)24-32(10)30(8)18-20-34(29(7)12-2)31(9)16-14-15-26(3)4;1-2-3-4-5-6/h26-34,36H,11-25,35H2,1-10H3;2-6H2,1H3/t27?,28-,29?,30?,31?,32?,33?,34?;/m0./s1. The van der Waals surface area contributed by atoms with Crippen LogP contribution in [0.4, 0.5) is 0 Å². The fraction of sp³-hybridized carbons (Fsp3) is 1.00. The molecule has 3 nitrogen and oxygen atoms in total. The Balaban J connectivity index is 0. The van der Waals surface area contributed by atoms with Crippen LogP contribution in [0.3, 0.4) is 0 Å². The molecule has 0 aliphatic rings. The van der Waals surface area contributed by atoms with Crippen molar-refractivity contribution in [3.63, 3.8) is 0 Å². The third-order valence-corrected chi connectivity index (χ3v) is 10.4. The molecule has 0 heterocycles. The van der Waals surface area contributed by atoms with Crippen molar-refractivity contribution in [1.82, 2.24) is 5.32 Å². The van der Waals surface area contributed by atoms with Gasteiger partial charge in [-0.2, -0.15) is 0 Å². The van der Waals surface area contributed by atoms with Crippen LogP contribution in [0.1, 0.15) is 179 Å². The quantitative estimate of drug-likeness (QED) is 0.0827. The predicted molar refractivity (Wildman–Crippen MR) is 194 cm³/mol. The van der Waals surface area contributed by atoms with Crippen molar-refractivity contribution in [1.29, 1.82) is 0 Å². The Hall–Kier alpha value is -0.120. The third-order valence-electron chi connectivity index (χ3n) is 10.4. The second kappa shape index (κ2) is 29.6. The van der Waals surface area contributed by atoms with Crippen LogP contribution in [0.2, 0.25) is 0 Å². The van der Waals surface area contributed by atoms with Gasteiger partial charge in [0.05, 0.1) is 0 Å². The minimum atomic E-state index is 0.668. The van der Waals surface area contributed by atoms with Crippen molar-refractivity contribution in [3.8, 4) is 0 Å². The van der Waals surface area contributed by atoms with Gasteiger partial charge in [-0.05, 0) is 118 Å². The molecule has 0 amide bonds. The van der Waals surface area contributed by atoms with Crippen molar-refractivity contribution < 1.29 is 0 Å². The van der Waals surface area contributed by atoms with E-state index in [0.29, 0.717) is 6.04 Å². The van der Waals surface area contributed by atoms with Gasteiger partial charge in [-0.1, -0.05) is 128 Å². The summed E-state index contributed by atoms with van der Waals surface area (Å²) < 4.78 is 0. The minimum Gasteiger partial charge on any atom is -0.330 e. The van der Waals surface area contributed by atoms with Gasteiger partial charge in [0, 0.05) is 6.04 Å². The zero-order valence-electron chi connectivity index (χ0n) is 31.3. The number of nitrogens with two attached hydrogens (primary N) is 2. The summed E-state index contributed by atoms with van der Waals surface area (Å²) in [7, 11) is 0. The zero-order chi connectivity index (χ0) is 32.3. The summed E-state index contributed by atoms with van der Waals surface area (Å²) in [5.74, 6) is 6.70. The number of rotatable bonds is 27. The molecule has 0 rings (SSSR count). The molecule has 256 valence electrons. The molecule has 0 aromatic carbocycles. The molecule has 3 heteroatoms. The van der Waals surface area contributed by atoms with E-state index in [1.165, 1.54) is 103 Å². The lowest BCUT2D eigenvalue weighted by molar-refractivity contribution is 0.188. The highest BCUT2D eigenvalue weighted by Gasteiger charge is 2.25. The highest BCUT2D eigenvalue weighted by Crippen LogP contribution is 2.35. The second-order valence-corrected chi connectivity index (χ2v) is 15.2. The number of unbranched alkanes of at least 4 members (excludes halogenated alkanes) is 3. The molecule has 0 radical (unpaired) electrons. The summed E-state index contributed by atoms with van der Waals surface area (Å²) >= 11 is 0. The van der Waals surface area contributed by atoms with Crippen LogP contribution < -0.4 is 16.8 Å². The first-order chi connectivity index (χ1) is 20.0. The molecule has 0 spiro atoms. The maximum absolute atomic E-state index is 5.83. The summed E-state index contributed by atoms with van der Waals surface area (Å²) in [5.41, 5.74) is 11.0. The molecule has 0 bridgehead atoms. The molecule has 42 heavy (non-hydrogen) atoms. The Kier molecular flexibility index (Phi) is 31.0. The van der Waals surface area contributed by atoms with Crippen molar-refractivity contribution >= 4 is 0 Å². The fourth-order valence-corrected chi connectivity index (χ4v) is 6.77. The Bertz CT molecular complexity index is 532. The first-order valence-electron chi connectivity index (χ1n) is 19.1. The van der Waals surface area contributed by atoms with Crippen LogP contribution in [0.5, 0.6) is 0 Å². The maximum atomic E-state index is 5.83. The van der Waals surface area contributed by atoms with Crippen molar-refractivity contribution in [2.75, 3.05) is 19.6 Å². The molecule has 5 N–H and O–H groups in total. The Morgan fingerprint density at radius 3 is 1.67 bits per heavy atom. The lowest BCUT2D eigenvalue weighted by Crippen LogP contribution is -2.32. The topological polar surface area (TPSA) is 64.1 Å². The monoisotopic (exact) mass is 596 g/mol. The Morgan fingerprint density at radius 2 is 1.14 bits per heavy atom. The maximum Gasteiger partial charge on any atom is 0.00697 e. The lowest BCUT2D eigenvalue weighted by atomic mass is 9.74. The van der Waals surface area contributed by atoms with Gasteiger partial charge in [0.2, 0.25) is 0 Å². The molecule has 0 fully saturated rings. The minimum absolute atomic E-state index is 0.668. The van der Waals surface area contributed by atoms with Gasteiger partial charge in [-0.15, -0.1) is 0 Å². The molecule has 0 saturated heterocycles. The third kappa shape index (κ3) is 25.2. The second-order valence-electron chi connectivity index (χ2n) is 15.2. The molecule has 0 aliphatic heterocycles. The molecule has 8 atom stereocenters. The fourth-order valence-electron chi connectivity index (χ4n) is 6.77. The molecule has 0 saturated carbocycles. The summed E-state index contributed by atoms with van der Waals surface area (Å²) in [6, 6.07) is 0.668. The Morgan fingerprint density at radius 1 is 0.500 bits per heavy atom. The van der Waals surface area contributed by atoms with Crippen LogP contribution in [0, 0.1) is 47.3 Å². The highest BCUT2D eigenvalue weighted by molar-refractivity contribution is 4.76. The summed E-state index contributed by atoms with van der Waals surface area (Å²) in [6.45, 7) is 29.5. The average Bonchev–Trinajstić information content (AvgIpc) is 2.94. The van der Waals surface area contributed by atoms with Gasteiger partial charge in [-0.3, -0.25) is 0 Å². The van der Waals surface area contributed by atoms with Crippen molar-refractivity contribution in [2.45, 2.75) is 185 Å². The number of nitrogens with one attached hydrogen (secondary N) is 1. The van der Waals surface area contributed by atoms with Crippen LogP contribution >= 0.6 is 0 Å². The van der Waals surface area contributed by atoms with Crippen molar-refractivity contribution in [3.05, 3.63) is 0 Å². The van der Waals surface area contributed by atoms with Crippen LogP contribution in [-0.2, 0) is 0 Å². The summed E-state index contributed by atoms with van der Waals surface area (Å²) in [6.07, 6.45) is 21.2. The molecular weight excluding hydrogens is 510 g/mol. The van der Waals surface area contributed by atoms with Crippen LogP contribution in [0.25, 0.3) is 0 Å². The van der Waals surface area contributed by atoms with Crippen LogP contribution in [-0.4, -0.2) is 25.7 Å². The van der Waals surface area contributed by atoms with E-state index in [-0.39, 0.29) is 0 Å². The van der Waals surface area contributed by atoms with Gasteiger partial charge in [-0.25, -0.2) is 0 Å². The largest absolute Gasteiger partial charge is 0.330 e. The van der Waals surface area contributed by atoms with Crippen LogP contribution in [0.15, 0.2) is 0 Å². The first-order valence-corrected chi connectivity index (χ1v) is 19.1. The van der Waals surface area contributed by atoms with Gasteiger partial charge in [0.1, 0.15) is 0 Å². The van der Waals surface area contributed by atoms with Crippen molar-refractivity contribution in [2.24, 2.45) is 58.8 Å². The lowest BCUT2D eigenvalue weighted by Gasteiger charge is -2.32. The van der Waals surface area contributed by atoms with E-state index in [0.717, 1.165) is 66.9 Å². The first kappa shape index (κ1) is 44.0.